The summed E-state index contributed by atoms with van der Waals surface area (Å²) in [5.74, 6) is -0.353. The minimum atomic E-state index is -1.32. The van der Waals surface area contributed by atoms with E-state index in [1.54, 1.807) is 24.3 Å². The second kappa shape index (κ2) is 5.63. The largest absolute Gasteiger partial charge is 0.399 e. The number of rotatable bonds is 3. The first kappa shape index (κ1) is 13.2. The van der Waals surface area contributed by atoms with Crippen molar-refractivity contribution in [3.8, 4) is 6.07 Å². The number of nitrogens with two attached hydrogens (primary N) is 1. The summed E-state index contributed by atoms with van der Waals surface area (Å²) in [5, 5.41) is 8.76. The number of nitriles is 1. The van der Waals surface area contributed by atoms with Crippen molar-refractivity contribution in [3.05, 3.63) is 59.4 Å². The van der Waals surface area contributed by atoms with Crippen LogP contribution in [0.1, 0.15) is 11.1 Å². The monoisotopic (exact) mass is 274 g/mol. The fraction of sp³-hybridized carbons (Fsp3) is 0.0714. The summed E-state index contributed by atoms with van der Waals surface area (Å²) in [7, 11) is -1.32. The Bertz CT molecular complexity index is 679. The lowest BCUT2D eigenvalue weighted by atomic mass is 10.1. The maximum atomic E-state index is 13.3. The van der Waals surface area contributed by atoms with Crippen LogP contribution in [0, 0.1) is 17.1 Å². The van der Waals surface area contributed by atoms with E-state index in [-0.39, 0.29) is 11.3 Å². The third-order valence-electron chi connectivity index (χ3n) is 2.51. The fourth-order valence-electron chi connectivity index (χ4n) is 1.69. The van der Waals surface area contributed by atoms with E-state index in [2.05, 4.69) is 0 Å². The van der Waals surface area contributed by atoms with Crippen LogP contribution in [0.25, 0.3) is 0 Å². The average Bonchev–Trinajstić information content (AvgIpc) is 2.38. The quantitative estimate of drug-likeness (QED) is 0.875. The molecule has 2 N–H and O–H groups in total. The van der Waals surface area contributed by atoms with Crippen molar-refractivity contribution < 1.29 is 8.60 Å². The van der Waals surface area contributed by atoms with Gasteiger partial charge in [0.2, 0.25) is 0 Å². The van der Waals surface area contributed by atoms with E-state index in [4.69, 9.17) is 11.0 Å². The van der Waals surface area contributed by atoms with E-state index in [1.807, 2.05) is 6.07 Å². The molecule has 0 aliphatic heterocycles. The van der Waals surface area contributed by atoms with Gasteiger partial charge in [0.25, 0.3) is 0 Å². The fourth-order valence-corrected chi connectivity index (χ4v) is 2.82. The molecule has 0 aliphatic carbocycles. The molecule has 2 aromatic carbocycles. The van der Waals surface area contributed by atoms with Gasteiger partial charge in [0.1, 0.15) is 5.82 Å². The van der Waals surface area contributed by atoms with Crippen molar-refractivity contribution >= 4 is 16.5 Å². The Kier molecular flexibility index (Phi) is 3.93. The predicted octanol–water partition coefficient (Wildman–Crippen LogP) is 2.59. The molecule has 0 fully saturated rings. The van der Waals surface area contributed by atoms with E-state index in [1.165, 1.54) is 12.1 Å². The van der Waals surface area contributed by atoms with Gasteiger partial charge in [0.05, 0.1) is 28.2 Å². The highest BCUT2D eigenvalue weighted by atomic mass is 32.2. The highest BCUT2D eigenvalue weighted by molar-refractivity contribution is 7.84. The van der Waals surface area contributed by atoms with Crippen molar-refractivity contribution in [3.63, 3.8) is 0 Å². The average molecular weight is 274 g/mol. The summed E-state index contributed by atoms with van der Waals surface area (Å²) in [6.07, 6.45) is 0. The molecule has 2 rings (SSSR count). The second-order valence-electron chi connectivity index (χ2n) is 4.02. The van der Waals surface area contributed by atoms with Crippen LogP contribution >= 0.6 is 0 Å². The maximum absolute atomic E-state index is 13.3. The normalized spacial score (nSPS) is 11.8. The highest BCUT2D eigenvalue weighted by Gasteiger charge is 2.08. The molecule has 0 amide bonds. The van der Waals surface area contributed by atoms with E-state index < -0.39 is 16.6 Å². The predicted molar refractivity (Wildman–Crippen MR) is 72.1 cm³/mol. The van der Waals surface area contributed by atoms with Gasteiger partial charge in [-0.3, -0.25) is 4.21 Å². The third-order valence-corrected chi connectivity index (χ3v) is 3.88. The van der Waals surface area contributed by atoms with Crippen LogP contribution < -0.4 is 5.73 Å². The Hall–Kier alpha value is -2.19. The van der Waals surface area contributed by atoms with E-state index in [0.29, 0.717) is 16.1 Å². The first-order chi connectivity index (χ1) is 9.08. The molecule has 1 unspecified atom stereocenters. The molecule has 0 aromatic heterocycles. The first-order valence-electron chi connectivity index (χ1n) is 5.52. The number of anilines is 1. The third kappa shape index (κ3) is 3.39. The van der Waals surface area contributed by atoms with Crippen LogP contribution in [0.5, 0.6) is 0 Å². The van der Waals surface area contributed by atoms with Crippen LogP contribution in [0.15, 0.2) is 47.4 Å². The molecule has 3 nitrogen and oxygen atoms in total. The van der Waals surface area contributed by atoms with E-state index in [9.17, 15) is 8.60 Å². The van der Waals surface area contributed by atoms with Crippen molar-refractivity contribution in [1.29, 1.82) is 5.26 Å². The molecule has 19 heavy (non-hydrogen) atoms. The molecule has 96 valence electrons. The van der Waals surface area contributed by atoms with Crippen LogP contribution in [0.3, 0.4) is 0 Å². The molecule has 0 radical (unpaired) electrons. The van der Waals surface area contributed by atoms with Crippen molar-refractivity contribution in [1.82, 2.24) is 0 Å². The number of benzene rings is 2. The molecular weight excluding hydrogens is 263 g/mol. The Balaban J connectivity index is 2.24. The lowest BCUT2D eigenvalue weighted by Crippen LogP contribution is -1.98. The van der Waals surface area contributed by atoms with Gasteiger partial charge in [-0.15, -0.1) is 0 Å². The molecule has 5 heteroatoms. The molecule has 0 spiro atoms. The zero-order valence-corrected chi connectivity index (χ0v) is 10.8. The molecule has 0 aliphatic rings. The van der Waals surface area contributed by atoms with Crippen LogP contribution in [-0.2, 0) is 16.6 Å². The Morgan fingerprint density at radius 1 is 1.26 bits per heavy atom. The number of halogens is 1. The number of hydrogen-bond donors (Lipinski definition) is 1. The second-order valence-corrected chi connectivity index (χ2v) is 5.47. The first-order valence-corrected chi connectivity index (χ1v) is 6.84. The molecule has 2 aromatic rings. The van der Waals surface area contributed by atoms with Gasteiger partial charge >= 0.3 is 0 Å². The zero-order chi connectivity index (χ0) is 13.8. The topological polar surface area (TPSA) is 66.9 Å². The van der Waals surface area contributed by atoms with Gasteiger partial charge in [0, 0.05) is 10.6 Å². The smallest absolute Gasteiger partial charge is 0.124 e. The zero-order valence-electron chi connectivity index (χ0n) is 9.97. The molecule has 0 heterocycles. The molecule has 0 saturated carbocycles. The lowest BCUT2D eigenvalue weighted by molar-refractivity contribution is 0.625. The minimum absolute atomic E-state index is 0.149. The SMILES string of the molecule is N#Cc1cc(F)cc(CS(=O)c2cccc(N)c2)c1. The van der Waals surface area contributed by atoms with E-state index in [0.717, 1.165) is 6.07 Å². The summed E-state index contributed by atoms with van der Waals surface area (Å²) < 4.78 is 25.4. The van der Waals surface area contributed by atoms with Gasteiger partial charge < -0.3 is 5.73 Å². The van der Waals surface area contributed by atoms with Gasteiger partial charge in [-0.1, -0.05) is 6.07 Å². The van der Waals surface area contributed by atoms with Crippen LogP contribution in [-0.4, -0.2) is 4.21 Å². The van der Waals surface area contributed by atoms with Crippen molar-refractivity contribution in [2.75, 3.05) is 5.73 Å². The van der Waals surface area contributed by atoms with Gasteiger partial charge in [-0.25, -0.2) is 4.39 Å². The van der Waals surface area contributed by atoms with Gasteiger partial charge in [0.15, 0.2) is 0 Å². The van der Waals surface area contributed by atoms with Crippen molar-refractivity contribution in [2.24, 2.45) is 0 Å². The molecule has 0 saturated heterocycles. The van der Waals surface area contributed by atoms with E-state index >= 15 is 0 Å². The van der Waals surface area contributed by atoms with Gasteiger partial charge in [-0.05, 0) is 42.0 Å². The maximum Gasteiger partial charge on any atom is 0.124 e. The minimum Gasteiger partial charge on any atom is -0.399 e. The summed E-state index contributed by atoms with van der Waals surface area (Å²) in [6, 6.07) is 12.6. The summed E-state index contributed by atoms with van der Waals surface area (Å²) in [4.78, 5) is 0.586. The van der Waals surface area contributed by atoms with Gasteiger partial charge in [-0.2, -0.15) is 5.26 Å². The molecule has 1 atom stereocenters. The number of nitrogens with zero attached hydrogens (tertiary/aromatic N) is 1. The number of hydrogen-bond acceptors (Lipinski definition) is 3. The highest BCUT2D eigenvalue weighted by Crippen LogP contribution is 2.17. The van der Waals surface area contributed by atoms with Crippen molar-refractivity contribution in [2.45, 2.75) is 10.6 Å². The molecule has 0 bridgehead atoms. The number of nitrogen functional groups attached to an aromatic ring is 1. The summed E-state index contributed by atoms with van der Waals surface area (Å²) in [5.41, 5.74) is 6.90. The molecular formula is C14H11FN2OS. The standard InChI is InChI=1S/C14H11FN2OS/c15-12-5-10(8-16)4-11(6-12)9-19(18)14-3-1-2-13(17)7-14/h1-7H,9,17H2. The Labute approximate surface area is 112 Å². The van der Waals surface area contributed by atoms with Crippen LogP contribution in [0.4, 0.5) is 10.1 Å². The summed E-state index contributed by atoms with van der Waals surface area (Å²) >= 11 is 0. The van der Waals surface area contributed by atoms with Crippen LogP contribution in [0.2, 0.25) is 0 Å². The summed E-state index contributed by atoms with van der Waals surface area (Å²) in [6.45, 7) is 0. The Morgan fingerprint density at radius 2 is 2.05 bits per heavy atom. The Morgan fingerprint density at radius 3 is 2.74 bits per heavy atom. The lowest BCUT2D eigenvalue weighted by Gasteiger charge is -2.04.